The van der Waals surface area contributed by atoms with Crippen LogP contribution < -0.4 is 10.2 Å². The summed E-state index contributed by atoms with van der Waals surface area (Å²) in [5, 5.41) is 6.84. The average molecular weight is 352 g/mol. The lowest BCUT2D eigenvalue weighted by Gasteiger charge is -2.15. The molecule has 0 spiro atoms. The maximum absolute atomic E-state index is 13.8. The summed E-state index contributed by atoms with van der Waals surface area (Å²) in [4.78, 5) is 25.2. The fraction of sp³-hybridized carbons (Fsp3) is 0.105. The van der Waals surface area contributed by atoms with Crippen LogP contribution in [0.5, 0.6) is 0 Å². The van der Waals surface area contributed by atoms with Crippen LogP contribution >= 0.6 is 0 Å². The van der Waals surface area contributed by atoms with Gasteiger partial charge in [0, 0.05) is 31.5 Å². The molecule has 6 nitrogen and oxygen atoms in total. The fourth-order valence-corrected chi connectivity index (χ4v) is 2.36. The molecule has 1 N–H and O–H groups in total. The topological polar surface area (TPSA) is 67.2 Å². The molecule has 0 unspecified atom stereocenters. The van der Waals surface area contributed by atoms with Crippen molar-refractivity contribution in [2.24, 2.45) is 0 Å². The van der Waals surface area contributed by atoms with Crippen LogP contribution in [-0.4, -0.2) is 28.6 Å². The summed E-state index contributed by atoms with van der Waals surface area (Å²) >= 11 is 0. The van der Waals surface area contributed by atoms with Crippen molar-refractivity contribution in [3.63, 3.8) is 0 Å². The zero-order valence-electron chi connectivity index (χ0n) is 14.3. The number of halogens is 1. The zero-order valence-corrected chi connectivity index (χ0v) is 14.3. The predicted octanol–water partition coefficient (Wildman–Crippen LogP) is 3.25. The number of para-hydroxylation sites is 1. The molecule has 3 aromatic rings. The van der Waals surface area contributed by atoms with E-state index in [1.165, 1.54) is 34.8 Å². The van der Waals surface area contributed by atoms with Crippen LogP contribution in [-0.2, 0) is 4.79 Å². The molecule has 0 radical (unpaired) electrons. The fourth-order valence-electron chi connectivity index (χ4n) is 2.36. The van der Waals surface area contributed by atoms with Crippen LogP contribution in [0, 0.1) is 5.82 Å². The Balaban J connectivity index is 1.73. The molecule has 0 aliphatic carbocycles. The van der Waals surface area contributed by atoms with Gasteiger partial charge in [0.05, 0.1) is 0 Å². The summed E-state index contributed by atoms with van der Waals surface area (Å²) in [5.74, 6) is -0.916. The van der Waals surface area contributed by atoms with Crippen LogP contribution in [0.15, 0.2) is 60.8 Å². The molecule has 1 aromatic heterocycles. The third-order valence-corrected chi connectivity index (χ3v) is 3.91. The SMILES string of the molecule is CC(=O)N(C)c1ccc(NC(=O)c2ccn(-c3ccccc3F)n2)cc1. The molecule has 0 aliphatic heterocycles. The molecule has 0 aliphatic rings. The van der Waals surface area contributed by atoms with E-state index >= 15 is 0 Å². The van der Waals surface area contributed by atoms with Crippen molar-refractivity contribution < 1.29 is 14.0 Å². The predicted molar refractivity (Wildman–Crippen MR) is 97.0 cm³/mol. The van der Waals surface area contributed by atoms with Gasteiger partial charge in [-0.05, 0) is 42.5 Å². The van der Waals surface area contributed by atoms with Crippen molar-refractivity contribution in [1.82, 2.24) is 9.78 Å². The number of amides is 2. The second kappa shape index (κ2) is 7.18. The number of hydrogen-bond donors (Lipinski definition) is 1. The van der Waals surface area contributed by atoms with Gasteiger partial charge in [0.15, 0.2) is 5.69 Å². The number of hydrogen-bond acceptors (Lipinski definition) is 3. The van der Waals surface area contributed by atoms with Gasteiger partial charge in [-0.2, -0.15) is 5.10 Å². The molecular formula is C19H17FN4O2. The standard InChI is InChI=1S/C19H17FN4O2/c1-13(25)23(2)15-9-7-14(8-10-15)21-19(26)17-11-12-24(22-17)18-6-4-3-5-16(18)20/h3-12H,1-2H3,(H,21,26). The maximum atomic E-state index is 13.8. The Morgan fingerprint density at radius 2 is 1.77 bits per heavy atom. The van der Waals surface area contributed by atoms with E-state index in [2.05, 4.69) is 10.4 Å². The largest absolute Gasteiger partial charge is 0.321 e. The maximum Gasteiger partial charge on any atom is 0.276 e. The minimum Gasteiger partial charge on any atom is -0.321 e. The summed E-state index contributed by atoms with van der Waals surface area (Å²) in [6.45, 7) is 1.47. The third kappa shape index (κ3) is 3.61. The molecule has 0 bridgehead atoms. The molecule has 132 valence electrons. The van der Waals surface area contributed by atoms with Crippen molar-refractivity contribution in [2.45, 2.75) is 6.92 Å². The van der Waals surface area contributed by atoms with Crippen LogP contribution in [0.3, 0.4) is 0 Å². The highest BCUT2D eigenvalue weighted by atomic mass is 19.1. The summed E-state index contributed by atoms with van der Waals surface area (Å²) < 4.78 is 15.1. The van der Waals surface area contributed by atoms with E-state index in [9.17, 15) is 14.0 Å². The Hall–Kier alpha value is -3.48. The lowest BCUT2D eigenvalue weighted by molar-refractivity contribution is -0.116. The Morgan fingerprint density at radius 3 is 2.42 bits per heavy atom. The summed E-state index contributed by atoms with van der Waals surface area (Å²) in [7, 11) is 1.67. The molecule has 2 aromatic carbocycles. The monoisotopic (exact) mass is 352 g/mol. The molecule has 3 rings (SSSR count). The first kappa shape index (κ1) is 17.3. The van der Waals surface area contributed by atoms with Crippen LogP contribution in [0.25, 0.3) is 5.69 Å². The second-order valence-electron chi connectivity index (χ2n) is 5.68. The lowest BCUT2D eigenvalue weighted by atomic mass is 10.2. The van der Waals surface area contributed by atoms with E-state index in [0.29, 0.717) is 5.69 Å². The molecule has 26 heavy (non-hydrogen) atoms. The summed E-state index contributed by atoms with van der Waals surface area (Å²) in [6.07, 6.45) is 1.53. The highest BCUT2D eigenvalue weighted by molar-refractivity contribution is 6.03. The smallest absolute Gasteiger partial charge is 0.276 e. The normalized spacial score (nSPS) is 10.4. The Morgan fingerprint density at radius 1 is 1.08 bits per heavy atom. The lowest BCUT2D eigenvalue weighted by Crippen LogP contribution is -2.22. The number of anilines is 2. The summed E-state index contributed by atoms with van der Waals surface area (Å²) in [5.41, 5.74) is 1.72. The highest BCUT2D eigenvalue weighted by Crippen LogP contribution is 2.18. The number of nitrogens with zero attached hydrogens (tertiary/aromatic N) is 3. The van der Waals surface area contributed by atoms with E-state index in [-0.39, 0.29) is 17.3 Å². The number of benzene rings is 2. The first-order chi connectivity index (χ1) is 12.5. The van der Waals surface area contributed by atoms with E-state index in [1.807, 2.05) is 0 Å². The van der Waals surface area contributed by atoms with Crippen LogP contribution in [0.1, 0.15) is 17.4 Å². The number of rotatable bonds is 4. The van der Waals surface area contributed by atoms with Gasteiger partial charge in [-0.1, -0.05) is 12.1 Å². The highest BCUT2D eigenvalue weighted by Gasteiger charge is 2.13. The molecule has 7 heteroatoms. The minimum atomic E-state index is -0.423. The Bertz CT molecular complexity index is 950. The van der Waals surface area contributed by atoms with Gasteiger partial charge >= 0.3 is 0 Å². The molecule has 0 fully saturated rings. The van der Waals surface area contributed by atoms with Crippen LogP contribution in [0.2, 0.25) is 0 Å². The van der Waals surface area contributed by atoms with Crippen LogP contribution in [0.4, 0.5) is 15.8 Å². The molecule has 1 heterocycles. The second-order valence-corrected chi connectivity index (χ2v) is 5.68. The van der Waals surface area contributed by atoms with Gasteiger partial charge < -0.3 is 10.2 Å². The molecule has 2 amide bonds. The van der Waals surface area contributed by atoms with Gasteiger partial charge in [-0.15, -0.1) is 0 Å². The quantitative estimate of drug-likeness (QED) is 0.784. The van der Waals surface area contributed by atoms with Gasteiger partial charge in [-0.25, -0.2) is 9.07 Å². The van der Waals surface area contributed by atoms with Crippen molar-refractivity contribution >= 4 is 23.2 Å². The Labute approximate surface area is 149 Å². The number of carbonyl (C=O) groups excluding carboxylic acids is 2. The van der Waals surface area contributed by atoms with Crippen molar-refractivity contribution in [3.05, 3.63) is 72.3 Å². The van der Waals surface area contributed by atoms with E-state index in [0.717, 1.165) is 5.69 Å². The molecule has 0 atom stereocenters. The molecular weight excluding hydrogens is 335 g/mol. The molecule has 0 saturated heterocycles. The number of aromatic nitrogens is 2. The van der Waals surface area contributed by atoms with Crippen molar-refractivity contribution in [1.29, 1.82) is 0 Å². The summed E-state index contributed by atoms with van der Waals surface area (Å²) in [6, 6.07) is 14.6. The van der Waals surface area contributed by atoms with E-state index < -0.39 is 11.7 Å². The van der Waals surface area contributed by atoms with E-state index in [1.54, 1.807) is 49.5 Å². The van der Waals surface area contributed by atoms with Gasteiger partial charge in [0.1, 0.15) is 11.5 Å². The van der Waals surface area contributed by atoms with Gasteiger partial charge in [-0.3, -0.25) is 9.59 Å². The van der Waals surface area contributed by atoms with Gasteiger partial charge in [0.2, 0.25) is 5.91 Å². The minimum absolute atomic E-state index is 0.0829. The number of carbonyl (C=O) groups is 2. The van der Waals surface area contributed by atoms with E-state index in [4.69, 9.17) is 0 Å². The molecule has 0 saturated carbocycles. The first-order valence-corrected chi connectivity index (χ1v) is 7.92. The van der Waals surface area contributed by atoms with Gasteiger partial charge in [0.25, 0.3) is 5.91 Å². The van der Waals surface area contributed by atoms with Crippen molar-refractivity contribution in [2.75, 3.05) is 17.3 Å². The van der Waals surface area contributed by atoms with Crippen molar-refractivity contribution in [3.8, 4) is 5.69 Å². The zero-order chi connectivity index (χ0) is 18.7. The Kier molecular flexibility index (Phi) is 4.79. The number of nitrogens with one attached hydrogen (secondary N) is 1. The average Bonchev–Trinajstić information content (AvgIpc) is 3.12. The third-order valence-electron chi connectivity index (χ3n) is 3.91. The first-order valence-electron chi connectivity index (χ1n) is 7.92.